The molecule has 1 aliphatic heterocycles. The Balaban J connectivity index is 0.00000119. The van der Waals surface area contributed by atoms with Gasteiger partial charge in [0.1, 0.15) is 0 Å². The van der Waals surface area contributed by atoms with Crippen molar-refractivity contribution in [1.29, 1.82) is 0 Å². The van der Waals surface area contributed by atoms with E-state index < -0.39 is 0 Å². The maximum atomic E-state index is 11.7. The molecule has 2 aromatic carbocycles. The van der Waals surface area contributed by atoms with Crippen LogP contribution in [-0.4, -0.2) is 4.70 Å². The predicted molar refractivity (Wildman–Crippen MR) is 186 cm³/mol. The summed E-state index contributed by atoms with van der Waals surface area (Å²) in [5.74, 6) is 0. The van der Waals surface area contributed by atoms with Crippen molar-refractivity contribution in [3.8, 4) is 0 Å². The van der Waals surface area contributed by atoms with Crippen LogP contribution in [-0.2, 0) is 30.8 Å². The molecule has 0 atom stereocenters. The van der Waals surface area contributed by atoms with Gasteiger partial charge in [0.2, 0.25) is 11.4 Å². The van der Waals surface area contributed by atoms with Crippen LogP contribution in [0, 0.1) is 0 Å². The van der Waals surface area contributed by atoms with Crippen LogP contribution in [0.25, 0.3) is 16.9 Å². The molecule has 0 fully saturated rings. The van der Waals surface area contributed by atoms with Crippen LogP contribution in [0.5, 0.6) is 0 Å². The molecule has 0 N–H and O–H groups in total. The van der Waals surface area contributed by atoms with E-state index >= 15 is 0 Å². The SMILES string of the molecule is CCCCCCCCc1ccc(C2=C(CCCC)C(CCCC)=C(c3ccc(CCCC)cc3)[N+]2=[N-])cc1.C[CH2][Pd][CH2]C. The number of unbranched alkanes of at least 4 members (excludes halogenated alkanes) is 8. The van der Waals surface area contributed by atoms with Crippen LogP contribution in [0.4, 0.5) is 0 Å². The van der Waals surface area contributed by atoms with Gasteiger partial charge in [0.15, 0.2) is 0 Å². The van der Waals surface area contributed by atoms with Gasteiger partial charge in [-0.1, -0.05) is 103 Å². The molecule has 3 rings (SSSR count). The molecule has 0 bridgehead atoms. The first-order valence-corrected chi connectivity index (χ1v) is 19.8. The second-order valence-corrected chi connectivity index (χ2v) is 14.8. The van der Waals surface area contributed by atoms with Crippen molar-refractivity contribution in [2.45, 2.75) is 154 Å². The van der Waals surface area contributed by atoms with Crippen molar-refractivity contribution in [3.05, 3.63) is 87.5 Å². The van der Waals surface area contributed by atoms with E-state index in [0.717, 1.165) is 91.9 Å². The fourth-order valence-corrected chi connectivity index (χ4v) is 6.58. The number of hydrogen-bond acceptors (Lipinski definition) is 0. The standard InChI is InChI=1S/C36H52N2.2C2H5.Pd/c1-5-9-13-14-15-16-18-30-23-27-32(28-24-30)36-34(20-12-8-4)33(19-11-7-3)35(38(36)37)31-25-21-29(22-26-31)17-10-6-2;2*1-2;/h21-28H,5-20H2,1-4H3;2*1H2,2H3;. The minimum absolute atomic E-state index is 0.998. The second-order valence-electron chi connectivity index (χ2n) is 11.8. The average Bonchev–Trinajstić information content (AvgIpc) is 3.31. The zero-order valence-corrected chi connectivity index (χ0v) is 30.1. The summed E-state index contributed by atoms with van der Waals surface area (Å²) in [6, 6.07) is 18.0. The number of aryl methyl sites for hydroxylation is 2. The molecular weight excluding hydrogens is 615 g/mol. The molecule has 1 aliphatic rings. The van der Waals surface area contributed by atoms with E-state index in [2.05, 4.69) is 90.1 Å². The molecule has 0 aromatic heterocycles. The van der Waals surface area contributed by atoms with Gasteiger partial charge >= 0.3 is 41.6 Å². The van der Waals surface area contributed by atoms with E-state index in [-0.39, 0.29) is 0 Å². The predicted octanol–water partition coefficient (Wildman–Crippen LogP) is 13.4. The van der Waals surface area contributed by atoms with Crippen molar-refractivity contribution in [2.75, 3.05) is 0 Å². The van der Waals surface area contributed by atoms with E-state index in [4.69, 9.17) is 0 Å². The van der Waals surface area contributed by atoms with Crippen LogP contribution in [0.2, 0.25) is 9.79 Å². The van der Waals surface area contributed by atoms with Crippen molar-refractivity contribution >= 4 is 11.4 Å². The summed E-state index contributed by atoms with van der Waals surface area (Å²) in [7, 11) is 0. The molecule has 0 spiro atoms. The topological polar surface area (TPSA) is 25.3 Å². The maximum absolute atomic E-state index is 11.7. The first-order chi connectivity index (χ1) is 21.1. The van der Waals surface area contributed by atoms with E-state index in [9.17, 15) is 5.53 Å². The van der Waals surface area contributed by atoms with Gasteiger partial charge in [-0.3, -0.25) is 0 Å². The number of allylic oxidation sites excluding steroid dienone is 2. The van der Waals surface area contributed by atoms with Gasteiger partial charge in [0.05, 0.1) is 0 Å². The Morgan fingerprint density at radius 2 is 0.837 bits per heavy atom. The molecule has 43 heavy (non-hydrogen) atoms. The summed E-state index contributed by atoms with van der Waals surface area (Å²) in [6.45, 7) is 13.5. The van der Waals surface area contributed by atoms with Crippen molar-refractivity contribution in [2.24, 2.45) is 0 Å². The van der Waals surface area contributed by atoms with Crippen molar-refractivity contribution < 1.29 is 22.7 Å². The van der Waals surface area contributed by atoms with Gasteiger partial charge < -0.3 is 5.53 Å². The Labute approximate surface area is 274 Å². The van der Waals surface area contributed by atoms with Crippen LogP contribution < -0.4 is 0 Å². The fraction of sp³-hybridized carbons (Fsp3) is 0.600. The summed E-state index contributed by atoms with van der Waals surface area (Å²) in [5.41, 5.74) is 21.5. The molecule has 0 unspecified atom stereocenters. The molecule has 0 aliphatic carbocycles. The van der Waals surface area contributed by atoms with Gasteiger partial charge in [-0.25, -0.2) is 4.70 Å². The van der Waals surface area contributed by atoms with Crippen molar-refractivity contribution in [3.63, 3.8) is 0 Å². The van der Waals surface area contributed by atoms with Gasteiger partial charge in [0, 0.05) is 22.3 Å². The van der Waals surface area contributed by atoms with E-state index in [1.807, 2.05) is 0 Å². The normalized spacial score (nSPS) is 13.2. The van der Waals surface area contributed by atoms with E-state index in [1.54, 1.807) is 0 Å². The monoisotopic (exact) mass is 676 g/mol. The fourth-order valence-electron chi connectivity index (χ4n) is 5.80. The van der Waals surface area contributed by atoms with Crippen LogP contribution in [0.15, 0.2) is 59.7 Å². The van der Waals surface area contributed by atoms with Gasteiger partial charge in [-0.15, -0.1) is 0 Å². The Morgan fingerprint density at radius 3 is 1.23 bits per heavy atom. The first kappa shape index (κ1) is 37.4. The van der Waals surface area contributed by atoms with Gasteiger partial charge in [-0.05, 0) is 86.8 Å². The molecule has 0 radical (unpaired) electrons. The van der Waals surface area contributed by atoms with Gasteiger partial charge in [0.25, 0.3) is 0 Å². The Kier molecular flexibility index (Phi) is 19.7. The molecule has 1 heterocycles. The molecule has 2 aromatic rings. The molecular formula is C40H62N2Pd. The Bertz CT molecular complexity index is 1110. The van der Waals surface area contributed by atoms with Gasteiger partial charge in [-0.2, -0.15) is 0 Å². The summed E-state index contributed by atoms with van der Waals surface area (Å²) >= 11 is 1.04. The third-order valence-corrected chi connectivity index (χ3v) is 9.88. The zero-order valence-electron chi connectivity index (χ0n) is 28.6. The van der Waals surface area contributed by atoms with E-state index in [0.29, 0.717) is 0 Å². The number of rotatable bonds is 20. The number of benzene rings is 2. The quantitative estimate of drug-likeness (QED) is 0.0757. The zero-order chi connectivity index (χ0) is 31.3. The summed E-state index contributed by atoms with van der Waals surface area (Å²) in [4.78, 5) is 2.79. The second kappa shape index (κ2) is 22.7. The third kappa shape index (κ3) is 12.6. The van der Waals surface area contributed by atoms with E-state index in [1.165, 1.54) is 88.1 Å². The molecule has 242 valence electrons. The van der Waals surface area contributed by atoms with Crippen LogP contribution >= 0.6 is 0 Å². The average molecular weight is 677 g/mol. The molecule has 0 amide bonds. The Hall–Kier alpha value is -1.82. The summed E-state index contributed by atoms with van der Waals surface area (Å²) < 4.78 is 1.53. The number of hydrogen-bond donors (Lipinski definition) is 0. The molecule has 2 nitrogen and oxygen atoms in total. The molecule has 0 saturated carbocycles. The summed E-state index contributed by atoms with van der Waals surface area (Å²) in [6.07, 6.45) is 19.3. The first-order valence-electron chi connectivity index (χ1n) is 17.6. The Morgan fingerprint density at radius 1 is 0.465 bits per heavy atom. The minimum atomic E-state index is 0.998. The third-order valence-electron chi connectivity index (χ3n) is 8.33. The van der Waals surface area contributed by atoms with Crippen LogP contribution in [0.3, 0.4) is 0 Å². The van der Waals surface area contributed by atoms with Crippen molar-refractivity contribution in [1.82, 2.24) is 0 Å². The molecule has 0 saturated heterocycles. The molecule has 3 heteroatoms. The van der Waals surface area contributed by atoms with Crippen LogP contribution in [0.1, 0.15) is 154 Å². The number of nitrogens with zero attached hydrogens (tertiary/aromatic N) is 2. The summed E-state index contributed by atoms with van der Waals surface area (Å²) in [5, 5.41) is 0.